The van der Waals surface area contributed by atoms with Crippen molar-refractivity contribution >= 4 is 11.7 Å². The summed E-state index contributed by atoms with van der Waals surface area (Å²) in [5.41, 5.74) is 1.19. The van der Waals surface area contributed by atoms with Crippen molar-refractivity contribution in [2.24, 2.45) is 0 Å². The molecular formula is C16H27N3O2. The number of carbonyl (C=O) groups is 1. The Balaban J connectivity index is 2.79. The number of aryl methyl sites for hydroxylation is 1. The molecule has 0 unspecified atom stereocenters. The predicted octanol–water partition coefficient (Wildman–Crippen LogP) is 2.62. The van der Waals surface area contributed by atoms with Gasteiger partial charge in [-0.2, -0.15) is 0 Å². The van der Waals surface area contributed by atoms with Gasteiger partial charge in [0.1, 0.15) is 5.82 Å². The molecule has 1 aromatic rings. The van der Waals surface area contributed by atoms with Gasteiger partial charge in [-0.05, 0) is 39.3 Å². The first kappa shape index (κ1) is 17.4. The van der Waals surface area contributed by atoms with Crippen LogP contribution in [0.15, 0.2) is 12.1 Å². The fourth-order valence-electron chi connectivity index (χ4n) is 2.07. The van der Waals surface area contributed by atoms with Gasteiger partial charge in [-0.25, -0.2) is 4.98 Å². The van der Waals surface area contributed by atoms with E-state index in [4.69, 9.17) is 4.74 Å². The highest BCUT2D eigenvalue weighted by Crippen LogP contribution is 2.13. The number of nitrogens with one attached hydrogen (secondary N) is 2. The molecule has 0 saturated carbocycles. The predicted molar refractivity (Wildman–Crippen MR) is 85.8 cm³/mol. The number of hydrogen-bond donors (Lipinski definition) is 2. The molecule has 0 saturated heterocycles. The quantitative estimate of drug-likeness (QED) is 0.773. The summed E-state index contributed by atoms with van der Waals surface area (Å²) in [5, 5.41) is 5.92. The first-order chi connectivity index (χ1) is 9.91. The zero-order chi connectivity index (χ0) is 15.9. The van der Waals surface area contributed by atoms with Crippen molar-refractivity contribution in [1.29, 1.82) is 0 Å². The lowest BCUT2D eigenvalue weighted by molar-refractivity contribution is -0.00815. The van der Waals surface area contributed by atoms with Crippen LogP contribution in [0.5, 0.6) is 0 Å². The summed E-state index contributed by atoms with van der Waals surface area (Å²) in [7, 11) is 1.80. The molecule has 1 aromatic heterocycles. The molecule has 0 radical (unpaired) electrons. The second kappa shape index (κ2) is 7.98. The molecule has 0 aliphatic rings. The minimum absolute atomic E-state index is 0.0981. The normalized spacial score (nSPS) is 11.3. The van der Waals surface area contributed by atoms with Gasteiger partial charge in [0.2, 0.25) is 0 Å². The van der Waals surface area contributed by atoms with E-state index in [2.05, 4.69) is 22.5 Å². The number of rotatable bonds is 8. The number of pyridine rings is 1. The molecule has 118 valence electrons. The third-order valence-electron chi connectivity index (χ3n) is 3.11. The van der Waals surface area contributed by atoms with E-state index in [0.29, 0.717) is 18.7 Å². The molecule has 0 bridgehead atoms. The standard InChI is InChI=1S/C16H27N3O2/c1-6-8-13-9-12(10-14(17-5)19-13)15(20)18-11-16(3,4)21-7-2/h9-10H,6-8,11H2,1-5H3,(H,17,19)(H,18,20). The molecule has 21 heavy (non-hydrogen) atoms. The van der Waals surface area contributed by atoms with E-state index in [9.17, 15) is 4.79 Å². The van der Waals surface area contributed by atoms with Crippen molar-refractivity contribution in [2.75, 3.05) is 25.5 Å². The highest BCUT2D eigenvalue weighted by atomic mass is 16.5. The third kappa shape index (κ3) is 5.71. The zero-order valence-corrected chi connectivity index (χ0v) is 13.7. The number of carbonyl (C=O) groups excluding carboxylic acids is 1. The Morgan fingerprint density at radius 1 is 1.33 bits per heavy atom. The maximum absolute atomic E-state index is 12.3. The first-order valence-electron chi connectivity index (χ1n) is 7.52. The Morgan fingerprint density at radius 2 is 2.05 bits per heavy atom. The third-order valence-corrected chi connectivity index (χ3v) is 3.11. The number of nitrogens with zero attached hydrogens (tertiary/aromatic N) is 1. The van der Waals surface area contributed by atoms with E-state index < -0.39 is 0 Å². The molecule has 0 aliphatic heterocycles. The smallest absolute Gasteiger partial charge is 0.251 e. The molecule has 1 amide bonds. The van der Waals surface area contributed by atoms with Gasteiger partial charge in [-0.15, -0.1) is 0 Å². The lowest BCUT2D eigenvalue weighted by Gasteiger charge is -2.24. The number of ether oxygens (including phenoxy) is 1. The SMILES string of the molecule is CCCc1cc(C(=O)NCC(C)(C)OCC)cc(NC)n1. The second-order valence-corrected chi connectivity index (χ2v) is 5.61. The molecule has 0 aromatic carbocycles. The second-order valence-electron chi connectivity index (χ2n) is 5.61. The van der Waals surface area contributed by atoms with Gasteiger partial charge in [-0.1, -0.05) is 13.3 Å². The minimum atomic E-state index is -0.366. The van der Waals surface area contributed by atoms with Crippen molar-refractivity contribution in [3.63, 3.8) is 0 Å². The van der Waals surface area contributed by atoms with E-state index >= 15 is 0 Å². The summed E-state index contributed by atoms with van der Waals surface area (Å²) < 4.78 is 5.58. The number of anilines is 1. The number of hydrogen-bond acceptors (Lipinski definition) is 4. The van der Waals surface area contributed by atoms with Crippen LogP contribution in [-0.2, 0) is 11.2 Å². The number of amides is 1. The van der Waals surface area contributed by atoms with Crippen LogP contribution < -0.4 is 10.6 Å². The summed E-state index contributed by atoms with van der Waals surface area (Å²) in [6.07, 6.45) is 1.86. The van der Waals surface area contributed by atoms with E-state index in [1.807, 2.05) is 26.8 Å². The summed E-state index contributed by atoms with van der Waals surface area (Å²) in [5.74, 6) is 0.620. The fourth-order valence-corrected chi connectivity index (χ4v) is 2.07. The highest BCUT2D eigenvalue weighted by Gasteiger charge is 2.19. The molecule has 0 atom stereocenters. The van der Waals surface area contributed by atoms with E-state index in [-0.39, 0.29) is 11.5 Å². The van der Waals surface area contributed by atoms with E-state index in [0.717, 1.165) is 24.4 Å². The average Bonchev–Trinajstić information content (AvgIpc) is 2.44. The molecule has 2 N–H and O–H groups in total. The summed E-state index contributed by atoms with van der Waals surface area (Å²) in [6, 6.07) is 3.62. The van der Waals surface area contributed by atoms with Crippen molar-refractivity contribution in [3.8, 4) is 0 Å². The Hall–Kier alpha value is -1.62. The summed E-state index contributed by atoms with van der Waals surface area (Å²) >= 11 is 0. The molecule has 5 heteroatoms. The van der Waals surface area contributed by atoms with Crippen LogP contribution in [0.1, 0.15) is 50.2 Å². The van der Waals surface area contributed by atoms with Crippen LogP contribution in [-0.4, -0.2) is 36.7 Å². The van der Waals surface area contributed by atoms with Gasteiger partial charge in [0.15, 0.2) is 0 Å². The van der Waals surface area contributed by atoms with E-state index in [1.165, 1.54) is 0 Å². The topological polar surface area (TPSA) is 63.2 Å². The molecule has 0 fully saturated rings. The van der Waals surface area contributed by atoms with Crippen molar-refractivity contribution in [1.82, 2.24) is 10.3 Å². The largest absolute Gasteiger partial charge is 0.374 e. The van der Waals surface area contributed by atoms with Crippen LogP contribution >= 0.6 is 0 Å². The molecule has 0 aliphatic carbocycles. The molecule has 1 rings (SSSR count). The first-order valence-corrected chi connectivity index (χ1v) is 7.52. The van der Waals surface area contributed by atoms with Crippen LogP contribution in [0.25, 0.3) is 0 Å². The average molecular weight is 293 g/mol. The van der Waals surface area contributed by atoms with E-state index in [1.54, 1.807) is 13.1 Å². The molecule has 5 nitrogen and oxygen atoms in total. The Morgan fingerprint density at radius 3 is 2.62 bits per heavy atom. The Kier molecular flexibility index (Phi) is 6.62. The summed E-state index contributed by atoms with van der Waals surface area (Å²) in [6.45, 7) is 9.07. The maximum atomic E-state index is 12.3. The summed E-state index contributed by atoms with van der Waals surface area (Å²) in [4.78, 5) is 16.7. The molecule has 1 heterocycles. The van der Waals surface area contributed by atoms with Crippen LogP contribution in [0.2, 0.25) is 0 Å². The van der Waals surface area contributed by atoms with Gasteiger partial charge in [-0.3, -0.25) is 4.79 Å². The number of aromatic nitrogens is 1. The van der Waals surface area contributed by atoms with Gasteiger partial charge in [0.25, 0.3) is 5.91 Å². The van der Waals surface area contributed by atoms with Gasteiger partial charge in [0.05, 0.1) is 5.60 Å². The Bertz CT molecular complexity index is 473. The lowest BCUT2D eigenvalue weighted by Crippen LogP contribution is -2.40. The fraction of sp³-hybridized carbons (Fsp3) is 0.625. The lowest BCUT2D eigenvalue weighted by atomic mass is 10.1. The van der Waals surface area contributed by atoms with Crippen LogP contribution in [0.4, 0.5) is 5.82 Å². The monoisotopic (exact) mass is 293 g/mol. The highest BCUT2D eigenvalue weighted by molar-refractivity contribution is 5.95. The van der Waals surface area contributed by atoms with Crippen molar-refractivity contribution in [3.05, 3.63) is 23.4 Å². The van der Waals surface area contributed by atoms with Crippen molar-refractivity contribution in [2.45, 2.75) is 46.1 Å². The van der Waals surface area contributed by atoms with Crippen molar-refractivity contribution < 1.29 is 9.53 Å². The molecule has 0 spiro atoms. The molecular weight excluding hydrogens is 266 g/mol. The van der Waals surface area contributed by atoms with Gasteiger partial charge < -0.3 is 15.4 Å². The maximum Gasteiger partial charge on any atom is 0.251 e. The zero-order valence-electron chi connectivity index (χ0n) is 13.7. The van der Waals surface area contributed by atoms with Crippen LogP contribution in [0.3, 0.4) is 0 Å². The van der Waals surface area contributed by atoms with Gasteiger partial charge >= 0.3 is 0 Å². The van der Waals surface area contributed by atoms with Crippen LogP contribution in [0, 0.1) is 0 Å². The van der Waals surface area contributed by atoms with Gasteiger partial charge in [0, 0.05) is 31.5 Å². The minimum Gasteiger partial charge on any atom is -0.374 e. The Labute approximate surface area is 127 Å².